The van der Waals surface area contributed by atoms with Crippen LogP contribution in [0.4, 0.5) is 5.13 Å². The van der Waals surface area contributed by atoms with Gasteiger partial charge in [-0.1, -0.05) is 17.8 Å². The van der Waals surface area contributed by atoms with Gasteiger partial charge in [0.2, 0.25) is 5.13 Å². The Morgan fingerprint density at radius 1 is 1.47 bits per heavy atom. The van der Waals surface area contributed by atoms with Crippen LogP contribution in [0.1, 0.15) is 30.7 Å². The maximum atomic E-state index is 8.93. The summed E-state index contributed by atoms with van der Waals surface area (Å²) < 4.78 is 0. The molecule has 2 N–H and O–H groups in total. The molecule has 0 aliphatic heterocycles. The minimum Gasteiger partial charge on any atom is -0.396 e. The normalized spacial score (nSPS) is 16.2. The molecule has 1 aromatic rings. The number of aliphatic hydroxyl groups excluding tert-OH is 1. The molecule has 96 valence electrons. The summed E-state index contributed by atoms with van der Waals surface area (Å²) in [6.07, 6.45) is 4.73. The lowest BCUT2D eigenvalue weighted by atomic mass is 9.91. The van der Waals surface area contributed by atoms with Crippen molar-refractivity contribution in [1.82, 2.24) is 15.1 Å². The molecule has 1 saturated carbocycles. The second-order valence-corrected chi connectivity index (χ2v) is 5.45. The first-order valence-corrected chi connectivity index (χ1v) is 7.00. The van der Waals surface area contributed by atoms with Gasteiger partial charge < -0.3 is 10.4 Å². The van der Waals surface area contributed by atoms with E-state index in [4.69, 9.17) is 5.11 Å². The molecule has 0 spiro atoms. The number of aliphatic hydroxyl groups is 1. The predicted molar refractivity (Wildman–Crippen MR) is 69.2 cm³/mol. The average molecular weight is 256 g/mol. The van der Waals surface area contributed by atoms with Crippen molar-refractivity contribution in [2.45, 2.75) is 38.3 Å². The standard InChI is InChI=1S/C11H20N4OS/c1-12-11-14-13-10(17-11)8-15(6-3-7-16)9-4-2-5-9/h9,16H,2-8H2,1H3,(H,12,14). The molecule has 0 unspecified atom stereocenters. The van der Waals surface area contributed by atoms with Gasteiger partial charge in [0.15, 0.2) is 0 Å². The second kappa shape index (κ2) is 6.28. The first kappa shape index (κ1) is 12.7. The molecule has 6 heteroatoms. The molecule has 0 amide bonds. The van der Waals surface area contributed by atoms with E-state index in [-0.39, 0.29) is 6.61 Å². The van der Waals surface area contributed by atoms with Crippen molar-refractivity contribution >= 4 is 16.5 Å². The number of hydrogen-bond acceptors (Lipinski definition) is 6. The maximum Gasteiger partial charge on any atom is 0.205 e. The lowest BCUT2D eigenvalue weighted by molar-refractivity contribution is 0.109. The van der Waals surface area contributed by atoms with Gasteiger partial charge in [-0.15, -0.1) is 10.2 Å². The molecule has 17 heavy (non-hydrogen) atoms. The van der Waals surface area contributed by atoms with E-state index in [0.717, 1.165) is 29.6 Å². The number of hydrogen-bond donors (Lipinski definition) is 2. The molecule has 0 atom stereocenters. The third-order valence-corrected chi connectivity index (χ3v) is 4.14. The largest absolute Gasteiger partial charge is 0.396 e. The number of nitrogens with one attached hydrogen (secondary N) is 1. The first-order valence-electron chi connectivity index (χ1n) is 6.18. The van der Waals surface area contributed by atoms with Crippen molar-refractivity contribution in [1.29, 1.82) is 0 Å². The fraction of sp³-hybridized carbons (Fsp3) is 0.818. The summed E-state index contributed by atoms with van der Waals surface area (Å²) in [6.45, 7) is 2.08. The highest BCUT2D eigenvalue weighted by atomic mass is 32.1. The van der Waals surface area contributed by atoms with Crippen molar-refractivity contribution < 1.29 is 5.11 Å². The van der Waals surface area contributed by atoms with Gasteiger partial charge in [-0.2, -0.15) is 0 Å². The minimum atomic E-state index is 0.265. The van der Waals surface area contributed by atoms with Gasteiger partial charge in [-0.25, -0.2) is 0 Å². The van der Waals surface area contributed by atoms with E-state index in [1.807, 2.05) is 7.05 Å². The Hall–Kier alpha value is -0.720. The molecule has 0 bridgehead atoms. The highest BCUT2D eigenvalue weighted by Gasteiger charge is 2.25. The molecule has 1 fully saturated rings. The molecule has 0 aromatic carbocycles. The van der Waals surface area contributed by atoms with Gasteiger partial charge in [0.1, 0.15) is 5.01 Å². The highest BCUT2D eigenvalue weighted by molar-refractivity contribution is 7.15. The molecular weight excluding hydrogens is 236 g/mol. The zero-order chi connectivity index (χ0) is 12.1. The molecule has 1 aliphatic rings. The van der Waals surface area contributed by atoms with Gasteiger partial charge in [0.05, 0.1) is 6.54 Å². The molecule has 1 aromatic heterocycles. The summed E-state index contributed by atoms with van der Waals surface area (Å²) in [6, 6.07) is 0.684. The zero-order valence-corrected chi connectivity index (χ0v) is 11.0. The molecule has 5 nitrogen and oxygen atoms in total. The fourth-order valence-corrected chi connectivity index (χ4v) is 2.73. The van der Waals surface area contributed by atoms with Gasteiger partial charge in [0.25, 0.3) is 0 Å². The number of nitrogens with zero attached hydrogens (tertiary/aromatic N) is 3. The Balaban J connectivity index is 1.90. The maximum absolute atomic E-state index is 8.93. The van der Waals surface area contributed by atoms with Gasteiger partial charge in [0, 0.05) is 26.2 Å². The number of anilines is 1. The summed E-state index contributed by atoms with van der Waals surface area (Å²) in [4.78, 5) is 2.43. The summed E-state index contributed by atoms with van der Waals surface area (Å²) in [5.41, 5.74) is 0. The Bertz CT molecular complexity index is 340. The fourth-order valence-electron chi connectivity index (χ4n) is 2.01. The van der Waals surface area contributed by atoms with E-state index >= 15 is 0 Å². The van der Waals surface area contributed by atoms with Crippen LogP contribution in [0.15, 0.2) is 0 Å². The van der Waals surface area contributed by atoms with Crippen molar-refractivity contribution in [3.05, 3.63) is 5.01 Å². The van der Waals surface area contributed by atoms with Crippen LogP contribution in [0.2, 0.25) is 0 Å². The van der Waals surface area contributed by atoms with Crippen LogP contribution >= 0.6 is 11.3 Å². The highest BCUT2D eigenvalue weighted by Crippen LogP contribution is 2.27. The number of aromatic nitrogens is 2. The van der Waals surface area contributed by atoms with Crippen molar-refractivity contribution in [3.8, 4) is 0 Å². The van der Waals surface area contributed by atoms with Crippen LogP contribution in [-0.4, -0.2) is 46.4 Å². The Kier molecular flexibility index (Phi) is 4.70. The smallest absolute Gasteiger partial charge is 0.205 e. The van der Waals surface area contributed by atoms with Crippen LogP contribution < -0.4 is 5.32 Å². The van der Waals surface area contributed by atoms with E-state index in [1.165, 1.54) is 19.3 Å². The van der Waals surface area contributed by atoms with Crippen LogP contribution in [0.25, 0.3) is 0 Å². The van der Waals surface area contributed by atoms with E-state index in [9.17, 15) is 0 Å². The molecule has 0 saturated heterocycles. The monoisotopic (exact) mass is 256 g/mol. The minimum absolute atomic E-state index is 0.265. The Morgan fingerprint density at radius 3 is 2.82 bits per heavy atom. The zero-order valence-electron chi connectivity index (χ0n) is 10.2. The molecule has 1 aliphatic carbocycles. The van der Waals surface area contributed by atoms with Crippen LogP contribution in [0.5, 0.6) is 0 Å². The summed E-state index contributed by atoms with van der Waals surface area (Å²) in [7, 11) is 1.86. The summed E-state index contributed by atoms with van der Waals surface area (Å²) in [5, 5.41) is 22.1. The van der Waals surface area contributed by atoms with Gasteiger partial charge in [-0.3, -0.25) is 4.90 Å². The molecule has 2 rings (SSSR count). The second-order valence-electron chi connectivity index (χ2n) is 4.38. The van der Waals surface area contributed by atoms with E-state index in [1.54, 1.807) is 11.3 Å². The van der Waals surface area contributed by atoms with Crippen molar-refractivity contribution in [3.63, 3.8) is 0 Å². The van der Waals surface area contributed by atoms with Crippen molar-refractivity contribution in [2.75, 3.05) is 25.5 Å². The van der Waals surface area contributed by atoms with Gasteiger partial charge in [-0.05, 0) is 19.3 Å². The first-order chi connectivity index (χ1) is 8.33. The van der Waals surface area contributed by atoms with E-state index < -0.39 is 0 Å². The van der Waals surface area contributed by atoms with Crippen LogP contribution in [0, 0.1) is 0 Å². The lowest BCUT2D eigenvalue weighted by Crippen LogP contribution is -2.40. The quantitative estimate of drug-likeness (QED) is 0.770. The van der Waals surface area contributed by atoms with E-state index in [0.29, 0.717) is 6.04 Å². The molecule has 0 radical (unpaired) electrons. The summed E-state index contributed by atoms with van der Waals surface area (Å²) in [5.74, 6) is 0. The Labute approximate surface area is 106 Å². The Morgan fingerprint density at radius 2 is 2.29 bits per heavy atom. The lowest BCUT2D eigenvalue weighted by Gasteiger charge is -2.36. The predicted octanol–water partition coefficient (Wildman–Crippen LogP) is 1.32. The topological polar surface area (TPSA) is 61.3 Å². The average Bonchev–Trinajstić information content (AvgIpc) is 2.71. The van der Waals surface area contributed by atoms with Gasteiger partial charge >= 0.3 is 0 Å². The van der Waals surface area contributed by atoms with E-state index in [2.05, 4.69) is 20.4 Å². The SMILES string of the molecule is CNc1nnc(CN(CCCO)C2CCC2)s1. The van der Waals surface area contributed by atoms with Crippen LogP contribution in [-0.2, 0) is 6.54 Å². The summed E-state index contributed by atoms with van der Waals surface area (Å²) >= 11 is 1.61. The van der Waals surface area contributed by atoms with Crippen molar-refractivity contribution in [2.24, 2.45) is 0 Å². The number of rotatable bonds is 7. The third-order valence-electron chi connectivity index (χ3n) is 3.21. The molecule has 1 heterocycles. The molecular formula is C11H20N4OS. The third kappa shape index (κ3) is 3.37. The van der Waals surface area contributed by atoms with Crippen LogP contribution in [0.3, 0.4) is 0 Å².